The molecule has 0 aliphatic carbocycles. The molecule has 0 unspecified atom stereocenters. The summed E-state index contributed by atoms with van der Waals surface area (Å²) in [6, 6.07) is 24.0. The number of rotatable bonds is 3. The Kier molecular flexibility index (Phi) is 4.95. The fourth-order valence-corrected chi connectivity index (χ4v) is 5.45. The second-order valence-corrected chi connectivity index (χ2v) is 9.47. The first-order valence-corrected chi connectivity index (χ1v) is 11.8. The second kappa shape index (κ2) is 7.99. The molecule has 168 valence electrons. The lowest BCUT2D eigenvalue weighted by Crippen LogP contribution is -2.59. The van der Waals surface area contributed by atoms with Crippen molar-refractivity contribution in [2.75, 3.05) is 13.1 Å². The van der Waals surface area contributed by atoms with Gasteiger partial charge < -0.3 is 4.74 Å². The van der Waals surface area contributed by atoms with Gasteiger partial charge in [-0.2, -0.15) is 5.10 Å². The normalized spacial score (nSPS) is 21.3. The Hall–Kier alpha value is -3.18. The number of piperidine rings is 1. The summed E-state index contributed by atoms with van der Waals surface area (Å²) in [5.41, 5.74) is 5.31. The summed E-state index contributed by atoms with van der Waals surface area (Å²) in [6.07, 6.45) is 2.59. The van der Waals surface area contributed by atoms with Crippen LogP contribution in [0.2, 0.25) is 0 Å². The summed E-state index contributed by atoms with van der Waals surface area (Å²) in [7, 11) is 0. The number of halogens is 1. The van der Waals surface area contributed by atoms with Crippen molar-refractivity contribution in [3.8, 4) is 5.75 Å². The van der Waals surface area contributed by atoms with E-state index in [2.05, 4.69) is 65.4 Å². The van der Waals surface area contributed by atoms with Gasteiger partial charge in [-0.05, 0) is 36.2 Å². The van der Waals surface area contributed by atoms with Gasteiger partial charge in [-0.1, -0.05) is 60.2 Å². The number of ether oxygens (including phenoxy) is 1. The van der Waals surface area contributed by atoms with Crippen LogP contribution in [0.3, 0.4) is 0 Å². The van der Waals surface area contributed by atoms with Gasteiger partial charge in [0.15, 0.2) is 0 Å². The van der Waals surface area contributed by atoms with E-state index in [9.17, 15) is 4.39 Å². The molecule has 5 heteroatoms. The van der Waals surface area contributed by atoms with Crippen LogP contribution in [0, 0.1) is 12.7 Å². The minimum absolute atomic E-state index is 0.148. The molecule has 0 bridgehead atoms. The first-order chi connectivity index (χ1) is 16.1. The molecule has 1 spiro atoms. The lowest BCUT2D eigenvalue weighted by Gasteiger charge is -2.51. The van der Waals surface area contributed by atoms with Crippen LogP contribution >= 0.6 is 0 Å². The molecule has 0 saturated carbocycles. The quantitative estimate of drug-likeness (QED) is 0.524. The van der Waals surface area contributed by atoms with E-state index in [-0.39, 0.29) is 11.9 Å². The molecule has 1 fully saturated rings. The van der Waals surface area contributed by atoms with Gasteiger partial charge in [0, 0.05) is 44.5 Å². The Morgan fingerprint density at radius 3 is 2.52 bits per heavy atom. The van der Waals surface area contributed by atoms with Gasteiger partial charge in [-0.15, -0.1) is 0 Å². The fraction of sp³-hybridized carbons (Fsp3) is 0.321. The molecule has 6 rings (SSSR count). The average molecular weight is 442 g/mol. The molecule has 3 aromatic carbocycles. The molecule has 3 aliphatic rings. The van der Waals surface area contributed by atoms with Crippen LogP contribution in [0.1, 0.15) is 47.6 Å². The molecular weight excluding hydrogens is 413 g/mol. The lowest BCUT2D eigenvalue weighted by molar-refractivity contribution is -0.150. The molecule has 1 atom stereocenters. The predicted octanol–water partition coefficient (Wildman–Crippen LogP) is 5.67. The van der Waals surface area contributed by atoms with Crippen molar-refractivity contribution in [3.63, 3.8) is 0 Å². The first-order valence-electron chi connectivity index (χ1n) is 11.8. The zero-order valence-electron chi connectivity index (χ0n) is 18.9. The van der Waals surface area contributed by atoms with Crippen LogP contribution in [0.25, 0.3) is 0 Å². The highest BCUT2D eigenvalue weighted by molar-refractivity contribution is 6.02. The summed E-state index contributed by atoms with van der Waals surface area (Å²) in [4.78, 5) is 2.50. The van der Waals surface area contributed by atoms with E-state index in [0.717, 1.165) is 55.9 Å². The molecule has 0 radical (unpaired) electrons. The van der Waals surface area contributed by atoms with Crippen molar-refractivity contribution >= 4 is 5.71 Å². The van der Waals surface area contributed by atoms with Gasteiger partial charge in [0.05, 0.1) is 11.8 Å². The predicted molar refractivity (Wildman–Crippen MR) is 128 cm³/mol. The summed E-state index contributed by atoms with van der Waals surface area (Å²) in [6.45, 7) is 5.00. The monoisotopic (exact) mass is 441 g/mol. The topological polar surface area (TPSA) is 28.1 Å². The van der Waals surface area contributed by atoms with Gasteiger partial charge in [0.2, 0.25) is 5.72 Å². The number of benzene rings is 3. The van der Waals surface area contributed by atoms with Gasteiger partial charge in [-0.25, -0.2) is 9.40 Å². The molecule has 0 aromatic heterocycles. The lowest BCUT2D eigenvalue weighted by atomic mass is 9.90. The molecule has 3 heterocycles. The van der Waals surface area contributed by atoms with Crippen LogP contribution in [0.15, 0.2) is 77.9 Å². The summed E-state index contributed by atoms with van der Waals surface area (Å²) >= 11 is 0. The third kappa shape index (κ3) is 3.70. The number of aryl methyl sites for hydroxylation is 1. The van der Waals surface area contributed by atoms with Gasteiger partial charge in [-0.3, -0.25) is 4.90 Å². The zero-order chi connectivity index (χ0) is 22.4. The molecule has 3 aromatic rings. The average Bonchev–Trinajstić information content (AvgIpc) is 3.29. The Morgan fingerprint density at radius 1 is 1.00 bits per heavy atom. The third-order valence-corrected chi connectivity index (χ3v) is 7.22. The van der Waals surface area contributed by atoms with Crippen LogP contribution in [0.4, 0.5) is 4.39 Å². The Bertz CT molecular complexity index is 1180. The van der Waals surface area contributed by atoms with Gasteiger partial charge >= 0.3 is 0 Å². The summed E-state index contributed by atoms with van der Waals surface area (Å²) < 4.78 is 20.3. The van der Waals surface area contributed by atoms with Gasteiger partial charge in [0.1, 0.15) is 11.6 Å². The van der Waals surface area contributed by atoms with Crippen molar-refractivity contribution in [3.05, 3.63) is 101 Å². The van der Waals surface area contributed by atoms with E-state index in [1.165, 1.54) is 28.8 Å². The second-order valence-electron chi connectivity index (χ2n) is 9.47. The van der Waals surface area contributed by atoms with Gasteiger partial charge in [0.25, 0.3) is 0 Å². The van der Waals surface area contributed by atoms with Crippen LogP contribution in [-0.4, -0.2) is 34.4 Å². The Labute approximate surface area is 194 Å². The first kappa shape index (κ1) is 20.4. The smallest absolute Gasteiger partial charge is 0.200 e. The van der Waals surface area contributed by atoms with Crippen LogP contribution < -0.4 is 4.74 Å². The van der Waals surface area contributed by atoms with E-state index >= 15 is 0 Å². The zero-order valence-corrected chi connectivity index (χ0v) is 18.9. The number of nitrogens with zero attached hydrogens (tertiary/aromatic N) is 3. The van der Waals surface area contributed by atoms with E-state index in [1.807, 2.05) is 12.1 Å². The van der Waals surface area contributed by atoms with Crippen molar-refractivity contribution in [2.45, 2.75) is 44.5 Å². The highest BCUT2D eigenvalue weighted by Gasteiger charge is 2.51. The maximum Gasteiger partial charge on any atom is 0.200 e. The number of fused-ring (bicyclic) bond motifs is 4. The maximum absolute atomic E-state index is 13.5. The number of hydrogen-bond donors (Lipinski definition) is 0. The Morgan fingerprint density at radius 2 is 1.76 bits per heavy atom. The SMILES string of the molecule is Cc1ccc2c(c1)[C@@H]1CC(c3ccc(F)cc3)=NN1C1(CCN(Cc3ccccc3)CC1)O2. The molecular formula is C28H28FN3O. The third-order valence-electron chi connectivity index (χ3n) is 7.22. The summed E-state index contributed by atoms with van der Waals surface area (Å²) in [5, 5.41) is 7.34. The van der Waals surface area contributed by atoms with Crippen molar-refractivity contribution in [1.82, 2.24) is 9.91 Å². The van der Waals surface area contributed by atoms with Crippen molar-refractivity contribution in [2.24, 2.45) is 5.10 Å². The number of likely N-dealkylation sites (tertiary alicyclic amines) is 1. The molecule has 3 aliphatic heterocycles. The largest absolute Gasteiger partial charge is 0.466 e. The fourth-order valence-electron chi connectivity index (χ4n) is 5.45. The number of hydrazone groups is 1. The highest BCUT2D eigenvalue weighted by atomic mass is 19.1. The van der Waals surface area contributed by atoms with Crippen molar-refractivity contribution in [1.29, 1.82) is 0 Å². The molecule has 1 saturated heterocycles. The molecule has 33 heavy (non-hydrogen) atoms. The maximum atomic E-state index is 13.5. The minimum atomic E-state index is -0.443. The molecule has 0 amide bonds. The minimum Gasteiger partial charge on any atom is -0.466 e. The summed E-state index contributed by atoms with van der Waals surface area (Å²) in [5.74, 6) is 0.760. The molecule has 4 nitrogen and oxygen atoms in total. The standard InChI is InChI=1S/C28H28FN3O/c1-20-7-12-27-24(17-20)26-18-25(22-8-10-23(29)11-9-22)30-32(26)28(33-27)13-15-31(16-14-28)19-21-5-3-2-4-6-21/h2-12,17,26H,13-16,18-19H2,1H3/t26-/m0/s1. The van der Waals surface area contributed by atoms with E-state index in [0.29, 0.717) is 0 Å². The van der Waals surface area contributed by atoms with Crippen molar-refractivity contribution < 1.29 is 9.13 Å². The van der Waals surface area contributed by atoms with E-state index in [4.69, 9.17) is 9.84 Å². The van der Waals surface area contributed by atoms with E-state index < -0.39 is 5.72 Å². The van der Waals surface area contributed by atoms with Crippen LogP contribution in [0.5, 0.6) is 5.75 Å². The molecule has 0 N–H and O–H groups in total. The van der Waals surface area contributed by atoms with E-state index in [1.54, 1.807) is 0 Å². The highest BCUT2D eigenvalue weighted by Crippen LogP contribution is 2.50. The Balaban J connectivity index is 1.31. The number of hydrogen-bond acceptors (Lipinski definition) is 4. The van der Waals surface area contributed by atoms with Crippen LogP contribution in [-0.2, 0) is 6.54 Å².